The lowest BCUT2D eigenvalue weighted by Gasteiger charge is -2.10. The summed E-state index contributed by atoms with van der Waals surface area (Å²) in [6, 6.07) is 13.1. The number of nitrogens with zero attached hydrogens (tertiary/aromatic N) is 4. The molecule has 0 bridgehead atoms. The van der Waals surface area contributed by atoms with E-state index in [-0.39, 0.29) is 12.4 Å². The molecule has 146 valence electrons. The zero-order valence-electron chi connectivity index (χ0n) is 15.5. The summed E-state index contributed by atoms with van der Waals surface area (Å²) in [6.45, 7) is 2.56. The van der Waals surface area contributed by atoms with Gasteiger partial charge in [0.15, 0.2) is 16.7 Å². The van der Waals surface area contributed by atoms with Crippen molar-refractivity contribution >= 4 is 22.7 Å². The number of hydrogen-bond acceptors (Lipinski definition) is 8. The van der Waals surface area contributed by atoms with E-state index in [1.165, 1.54) is 11.8 Å². The summed E-state index contributed by atoms with van der Waals surface area (Å²) in [7, 11) is 0. The molecule has 8 nitrogen and oxygen atoms in total. The highest BCUT2D eigenvalue weighted by molar-refractivity contribution is 7.98. The number of rotatable bonds is 5. The molecule has 0 radical (unpaired) electrons. The lowest BCUT2D eigenvalue weighted by Crippen LogP contribution is -2.22. The fraction of sp³-hybridized carbons (Fsp3) is 0.200. The van der Waals surface area contributed by atoms with E-state index in [0.29, 0.717) is 51.6 Å². The van der Waals surface area contributed by atoms with Crippen LogP contribution < -0.4 is 15.0 Å². The van der Waals surface area contributed by atoms with Crippen molar-refractivity contribution in [2.24, 2.45) is 0 Å². The molecule has 0 saturated carbocycles. The van der Waals surface area contributed by atoms with Crippen molar-refractivity contribution in [2.75, 3.05) is 6.79 Å². The Balaban J connectivity index is 1.45. The molecule has 0 atom stereocenters. The first kappa shape index (κ1) is 17.7. The van der Waals surface area contributed by atoms with Crippen molar-refractivity contribution in [1.29, 1.82) is 0 Å². The maximum atomic E-state index is 12.9. The zero-order valence-corrected chi connectivity index (χ0v) is 16.3. The zero-order chi connectivity index (χ0) is 19.8. The summed E-state index contributed by atoms with van der Waals surface area (Å²) in [5.41, 5.74) is 1.34. The predicted octanol–water partition coefficient (Wildman–Crippen LogP) is 3.49. The van der Waals surface area contributed by atoms with Crippen molar-refractivity contribution in [2.45, 2.75) is 24.4 Å². The van der Waals surface area contributed by atoms with Gasteiger partial charge in [-0.3, -0.25) is 9.36 Å². The van der Waals surface area contributed by atoms with Crippen LogP contribution in [-0.2, 0) is 12.3 Å². The largest absolute Gasteiger partial charge is 0.454 e. The van der Waals surface area contributed by atoms with Crippen LogP contribution in [0.15, 0.2) is 56.9 Å². The van der Waals surface area contributed by atoms with E-state index in [9.17, 15) is 4.79 Å². The molecule has 3 heterocycles. The second kappa shape index (κ2) is 7.25. The molecule has 1 aliphatic rings. The molecule has 0 aliphatic carbocycles. The Morgan fingerprint density at radius 3 is 2.69 bits per heavy atom. The highest BCUT2D eigenvalue weighted by atomic mass is 32.2. The monoisotopic (exact) mass is 408 g/mol. The summed E-state index contributed by atoms with van der Waals surface area (Å²) >= 11 is 1.38. The van der Waals surface area contributed by atoms with Crippen molar-refractivity contribution in [3.63, 3.8) is 0 Å². The lowest BCUT2D eigenvalue weighted by atomic mass is 10.2. The molecule has 9 heteroatoms. The van der Waals surface area contributed by atoms with E-state index < -0.39 is 0 Å². The summed E-state index contributed by atoms with van der Waals surface area (Å²) in [5.74, 6) is 2.57. The van der Waals surface area contributed by atoms with Gasteiger partial charge in [-0.25, -0.2) is 4.98 Å². The molecular weight excluding hydrogens is 392 g/mol. The first-order valence-corrected chi connectivity index (χ1v) is 10.1. The average molecular weight is 408 g/mol. The second-order valence-corrected chi connectivity index (χ2v) is 7.28. The molecule has 2 aromatic carbocycles. The number of aromatic nitrogens is 4. The molecule has 0 spiro atoms. The smallest absolute Gasteiger partial charge is 0.262 e. The van der Waals surface area contributed by atoms with Crippen LogP contribution >= 0.6 is 11.8 Å². The van der Waals surface area contributed by atoms with Gasteiger partial charge in [0.25, 0.3) is 5.56 Å². The molecule has 0 saturated heterocycles. The minimum absolute atomic E-state index is 0.117. The molecule has 29 heavy (non-hydrogen) atoms. The van der Waals surface area contributed by atoms with Gasteiger partial charge < -0.3 is 14.0 Å². The van der Waals surface area contributed by atoms with Gasteiger partial charge in [0.05, 0.1) is 16.7 Å². The number of benzene rings is 2. The third-order valence-corrected chi connectivity index (χ3v) is 5.52. The van der Waals surface area contributed by atoms with Gasteiger partial charge >= 0.3 is 0 Å². The molecule has 0 fully saturated rings. The number of fused-ring (bicyclic) bond motifs is 2. The van der Waals surface area contributed by atoms with Crippen LogP contribution in [0.25, 0.3) is 22.3 Å². The fourth-order valence-corrected chi connectivity index (χ4v) is 4.02. The molecule has 4 aromatic rings. The molecular formula is C20H16N4O4S. The highest BCUT2D eigenvalue weighted by Crippen LogP contribution is 2.35. The van der Waals surface area contributed by atoms with Gasteiger partial charge in [-0.05, 0) is 13.0 Å². The topological polar surface area (TPSA) is 92.3 Å². The summed E-state index contributed by atoms with van der Waals surface area (Å²) < 4.78 is 17.8. The highest BCUT2D eigenvalue weighted by Gasteiger charge is 2.19. The van der Waals surface area contributed by atoms with E-state index in [2.05, 4.69) is 15.1 Å². The van der Waals surface area contributed by atoms with Gasteiger partial charge in [-0.2, -0.15) is 4.98 Å². The van der Waals surface area contributed by atoms with Gasteiger partial charge in [0.1, 0.15) is 0 Å². The molecule has 2 aromatic heterocycles. The Bertz CT molecular complexity index is 1250. The van der Waals surface area contributed by atoms with Gasteiger partial charge in [-0.15, -0.1) is 0 Å². The predicted molar refractivity (Wildman–Crippen MR) is 107 cm³/mol. The van der Waals surface area contributed by atoms with E-state index in [1.807, 2.05) is 37.3 Å². The van der Waals surface area contributed by atoms with Crippen LogP contribution in [0.5, 0.6) is 11.5 Å². The van der Waals surface area contributed by atoms with E-state index in [4.69, 9.17) is 14.0 Å². The quantitative estimate of drug-likeness (QED) is 0.366. The lowest BCUT2D eigenvalue weighted by molar-refractivity contribution is 0.174. The Hall–Kier alpha value is -3.33. The first-order valence-electron chi connectivity index (χ1n) is 9.08. The van der Waals surface area contributed by atoms with Crippen LogP contribution in [0.4, 0.5) is 0 Å². The molecule has 5 rings (SSSR count). The molecule has 0 N–H and O–H groups in total. The molecule has 1 aliphatic heterocycles. The van der Waals surface area contributed by atoms with Gasteiger partial charge in [-0.1, -0.05) is 47.3 Å². The maximum Gasteiger partial charge on any atom is 0.262 e. The van der Waals surface area contributed by atoms with Crippen molar-refractivity contribution in [3.05, 3.63) is 58.7 Å². The standard InChI is InChI=1S/C20H16N4O4S/c1-2-24-19(25)13-8-15-16(27-11-26-15)9-14(13)21-20(24)29-10-17-22-18(23-28-17)12-6-4-3-5-7-12/h3-9H,2,10-11H2,1H3. The maximum absolute atomic E-state index is 12.9. The Morgan fingerprint density at radius 2 is 1.90 bits per heavy atom. The minimum Gasteiger partial charge on any atom is -0.454 e. The summed E-state index contributed by atoms with van der Waals surface area (Å²) in [4.78, 5) is 22.0. The Morgan fingerprint density at radius 1 is 1.10 bits per heavy atom. The Labute approximate surface area is 169 Å². The van der Waals surface area contributed by atoms with Crippen molar-refractivity contribution in [1.82, 2.24) is 19.7 Å². The van der Waals surface area contributed by atoms with Crippen LogP contribution in [0.3, 0.4) is 0 Å². The average Bonchev–Trinajstić information content (AvgIpc) is 3.41. The van der Waals surface area contributed by atoms with Crippen LogP contribution in [0, 0.1) is 0 Å². The van der Waals surface area contributed by atoms with Crippen LogP contribution in [0.1, 0.15) is 12.8 Å². The van der Waals surface area contributed by atoms with E-state index in [1.54, 1.807) is 16.7 Å². The van der Waals surface area contributed by atoms with E-state index in [0.717, 1.165) is 5.56 Å². The number of ether oxygens (including phenoxy) is 2. The first-order chi connectivity index (χ1) is 14.2. The van der Waals surface area contributed by atoms with Crippen LogP contribution in [0.2, 0.25) is 0 Å². The molecule has 0 amide bonds. The molecule has 0 unspecified atom stereocenters. The number of hydrogen-bond donors (Lipinski definition) is 0. The number of thioether (sulfide) groups is 1. The summed E-state index contributed by atoms with van der Waals surface area (Å²) in [6.07, 6.45) is 0. The summed E-state index contributed by atoms with van der Waals surface area (Å²) in [5, 5.41) is 5.12. The van der Waals surface area contributed by atoms with Gasteiger partial charge in [0, 0.05) is 18.2 Å². The van der Waals surface area contributed by atoms with Crippen molar-refractivity contribution < 1.29 is 14.0 Å². The fourth-order valence-electron chi connectivity index (χ4n) is 3.12. The third kappa shape index (κ3) is 3.23. The second-order valence-electron chi connectivity index (χ2n) is 6.33. The minimum atomic E-state index is -0.117. The van der Waals surface area contributed by atoms with Crippen LogP contribution in [-0.4, -0.2) is 26.5 Å². The van der Waals surface area contributed by atoms with E-state index >= 15 is 0 Å². The SMILES string of the molecule is CCn1c(SCc2nc(-c3ccccc3)no2)nc2cc3c(cc2c1=O)OCO3. The Kier molecular flexibility index (Phi) is 4.44. The van der Waals surface area contributed by atoms with Crippen molar-refractivity contribution in [3.8, 4) is 22.9 Å². The third-order valence-electron chi connectivity index (χ3n) is 4.55. The normalized spacial score (nSPS) is 12.6. The van der Waals surface area contributed by atoms with Gasteiger partial charge in [0.2, 0.25) is 18.5 Å².